The van der Waals surface area contributed by atoms with Crippen LogP contribution in [0.4, 0.5) is 0 Å². The minimum Gasteiger partial charge on any atom is -0.310 e. The fourth-order valence-corrected chi connectivity index (χ4v) is 3.84. The van der Waals surface area contributed by atoms with Crippen LogP contribution >= 0.6 is 0 Å². The van der Waals surface area contributed by atoms with E-state index < -0.39 is 0 Å². The Morgan fingerprint density at radius 1 is 1.06 bits per heavy atom. The van der Waals surface area contributed by atoms with E-state index in [-0.39, 0.29) is 0 Å². The molecule has 2 heteroatoms. The van der Waals surface area contributed by atoms with Crippen LogP contribution in [0.3, 0.4) is 0 Å². The van der Waals surface area contributed by atoms with Gasteiger partial charge in [-0.15, -0.1) is 0 Å². The number of nitrogens with zero attached hydrogens (tertiary/aromatic N) is 1. The minimum absolute atomic E-state index is 0.448. The second kappa shape index (κ2) is 5.92. The van der Waals surface area contributed by atoms with E-state index in [2.05, 4.69) is 31.0 Å². The Bertz CT molecular complexity index is 254. The molecule has 1 atom stereocenters. The van der Waals surface area contributed by atoms with Crippen LogP contribution in [-0.2, 0) is 0 Å². The lowest BCUT2D eigenvalue weighted by Crippen LogP contribution is -2.50. The highest BCUT2D eigenvalue weighted by Gasteiger charge is 2.35. The van der Waals surface area contributed by atoms with Crippen LogP contribution in [0.2, 0.25) is 0 Å². The maximum atomic E-state index is 3.82. The monoisotopic (exact) mass is 252 g/mol. The summed E-state index contributed by atoms with van der Waals surface area (Å²) < 4.78 is 0. The quantitative estimate of drug-likeness (QED) is 0.825. The Kier molecular flexibility index (Phi) is 4.71. The standard InChI is InChI=1S/C16H32N2/c1-4-7-16(9-5-11-17-16)14-18-12-6-8-15(2,3)10-13-18/h17H,4-14H2,1-3H3. The zero-order chi connectivity index (χ0) is 13.1. The second-order valence-corrected chi connectivity index (χ2v) is 7.35. The van der Waals surface area contributed by atoms with Crippen LogP contribution in [0.15, 0.2) is 0 Å². The van der Waals surface area contributed by atoms with Crippen molar-refractivity contribution in [1.29, 1.82) is 0 Å². The molecule has 2 heterocycles. The summed E-state index contributed by atoms with van der Waals surface area (Å²) in [6.45, 7) is 12.3. The summed E-state index contributed by atoms with van der Waals surface area (Å²) in [5, 5.41) is 3.82. The van der Waals surface area contributed by atoms with Gasteiger partial charge in [0.25, 0.3) is 0 Å². The van der Waals surface area contributed by atoms with E-state index in [0.29, 0.717) is 11.0 Å². The molecule has 1 N–H and O–H groups in total. The summed E-state index contributed by atoms with van der Waals surface area (Å²) in [6.07, 6.45) is 9.58. The first-order valence-electron chi connectivity index (χ1n) is 8.03. The van der Waals surface area contributed by atoms with E-state index in [1.807, 2.05) is 0 Å². The average molecular weight is 252 g/mol. The Labute approximate surface area is 114 Å². The maximum absolute atomic E-state index is 3.82. The summed E-state index contributed by atoms with van der Waals surface area (Å²) in [5.41, 5.74) is 1.01. The predicted octanol–water partition coefficient (Wildman–Crippen LogP) is 3.42. The summed E-state index contributed by atoms with van der Waals surface area (Å²) in [5.74, 6) is 0. The molecule has 0 radical (unpaired) electrons. The Morgan fingerprint density at radius 3 is 2.56 bits per heavy atom. The Morgan fingerprint density at radius 2 is 1.89 bits per heavy atom. The van der Waals surface area contributed by atoms with Crippen molar-refractivity contribution in [2.75, 3.05) is 26.2 Å². The molecule has 1 unspecified atom stereocenters. The van der Waals surface area contributed by atoms with Gasteiger partial charge in [0.05, 0.1) is 0 Å². The highest BCUT2D eigenvalue weighted by Crippen LogP contribution is 2.32. The van der Waals surface area contributed by atoms with Crippen LogP contribution < -0.4 is 5.32 Å². The molecule has 0 aromatic heterocycles. The molecular weight excluding hydrogens is 220 g/mol. The van der Waals surface area contributed by atoms with E-state index in [0.717, 1.165) is 0 Å². The van der Waals surface area contributed by atoms with Gasteiger partial charge in [-0.05, 0) is 63.6 Å². The van der Waals surface area contributed by atoms with Crippen LogP contribution in [0.1, 0.15) is 65.7 Å². The molecular formula is C16H32N2. The third-order valence-corrected chi connectivity index (χ3v) is 5.02. The van der Waals surface area contributed by atoms with Gasteiger partial charge in [-0.3, -0.25) is 0 Å². The van der Waals surface area contributed by atoms with Crippen molar-refractivity contribution in [2.45, 2.75) is 71.3 Å². The topological polar surface area (TPSA) is 15.3 Å². The van der Waals surface area contributed by atoms with Gasteiger partial charge in [0, 0.05) is 12.1 Å². The molecule has 18 heavy (non-hydrogen) atoms. The van der Waals surface area contributed by atoms with E-state index in [1.165, 1.54) is 71.1 Å². The van der Waals surface area contributed by atoms with E-state index in [1.54, 1.807) is 0 Å². The van der Waals surface area contributed by atoms with Crippen LogP contribution in [0.5, 0.6) is 0 Å². The van der Waals surface area contributed by atoms with Gasteiger partial charge in [-0.2, -0.15) is 0 Å². The summed E-state index contributed by atoms with van der Waals surface area (Å²) >= 11 is 0. The summed E-state index contributed by atoms with van der Waals surface area (Å²) in [7, 11) is 0. The molecule has 2 fully saturated rings. The largest absolute Gasteiger partial charge is 0.310 e. The van der Waals surface area contributed by atoms with Crippen LogP contribution in [0.25, 0.3) is 0 Å². The first-order chi connectivity index (χ1) is 8.55. The molecule has 2 nitrogen and oxygen atoms in total. The molecule has 2 rings (SSSR count). The third kappa shape index (κ3) is 3.71. The lowest BCUT2D eigenvalue weighted by Gasteiger charge is -2.35. The molecule has 0 aromatic carbocycles. The summed E-state index contributed by atoms with van der Waals surface area (Å²) in [4.78, 5) is 2.74. The van der Waals surface area contributed by atoms with Crippen molar-refractivity contribution in [2.24, 2.45) is 5.41 Å². The van der Waals surface area contributed by atoms with Crippen LogP contribution in [0, 0.1) is 5.41 Å². The number of hydrogen-bond donors (Lipinski definition) is 1. The first kappa shape index (κ1) is 14.3. The van der Waals surface area contributed by atoms with Gasteiger partial charge >= 0.3 is 0 Å². The second-order valence-electron chi connectivity index (χ2n) is 7.35. The molecule has 2 saturated heterocycles. The number of hydrogen-bond acceptors (Lipinski definition) is 2. The number of rotatable bonds is 4. The zero-order valence-corrected chi connectivity index (χ0v) is 12.7. The normalized spacial score (nSPS) is 33.5. The molecule has 2 aliphatic rings. The summed E-state index contributed by atoms with van der Waals surface area (Å²) in [6, 6.07) is 0. The van der Waals surface area contributed by atoms with Crippen molar-refractivity contribution in [1.82, 2.24) is 10.2 Å². The zero-order valence-electron chi connectivity index (χ0n) is 12.7. The van der Waals surface area contributed by atoms with Gasteiger partial charge in [0.2, 0.25) is 0 Å². The predicted molar refractivity (Wildman–Crippen MR) is 78.9 cm³/mol. The number of nitrogens with one attached hydrogen (secondary N) is 1. The fourth-order valence-electron chi connectivity index (χ4n) is 3.84. The number of likely N-dealkylation sites (tertiary alicyclic amines) is 1. The lowest BCUT2D eigenvalue weighted by molar-refractivity contribution is 0.182. The SMILES string of the molecule is CCCC1(CN2CCCC(C)(C)CC2)CCCN1. The molecule has 2 aliphatic heterocycles. The van der Waals surface area contributed by atoms with Crippen molar-refractivity contribution >= 4 is 0 Å². The third-order valence-electron chi connectivity index (χ3n) is 5.02. The van der Waals surface area contributed by atoms with Crippen molar-refractivity contribution in [3.8, 4) is 0 Å². The van der Waals surface area contributed by atoms with E-state index >= 15 is 0 Å². The average Bonchev–Trinajstić information content (AvgIpc) is 2.68. The molecule has 106 valence electrons. The molecule has 0 amide bonds. The van der Waals surface area contributed by atoms with Gasteiger partial charge in [-0.25, -0.2) is 0 Å². The van der Waals surface area contributed by atoms with E-state index in [9.17, 15) is 0 Å². The Balaban J connectivity index is 1.91. The van der Waals surface area contributed by atoms with Crippen molar-refractivity contribution in [3.05, 3.63) is 0 Å². The van der Waals surface area contributed by atoms with Gasteiger partial charge in [0.1, 0.15) is 0 Å². The first-order valence-corrected chi connectivity index (χ1v) is 8.03. The van der Waals surface area contributed by atoms with Crippen molar-refractivity contribution in [3.63, 3.8) is 0 Å². The molecule has 0 saturated carbocycles. The fraction of sp³-hybridized carbons (Fsp3) is 1.00. The van der Waals surface area contributed by atoms with Gasteiger partial charge in [0.15, 0.2) is 0 Å². The minimum atomic E-state index is 0.448. The smallest absolute Gasteiger partial charge is 0.0309 e. The maximum Gasteiger partial charge on any atom is 0.0309 e. The van der Waals surface area contributed by atoms with Crippen LogP contribution in [-0.4, -0.2) is 36.6 Å². The van der Waals surface area contributed by atoms with Crippen molar-refractivity contribution < 1.29 is 0 Å². The van der Waals surface area contributed by atoms with Gasteiger partial charge < -0.3 is 10.2 Å². The van der Waals surface area contributed by atoms with E-state index in [4.69, 9.17) is 0 Å². The molecule has 0 bridgehead atoms. The van der Waals surface area contributed by atoms with Gasteiger partial charge in [-0.1, -0.05) is 27.2 Å². The highest BCUT2D eigenvalue weighted by atomic mass is 15.2. The molecule has 0 aromatic rings. The molecule has 0 spiro atoms. The Hall–Kier alpha value is -0.0800. The molecule has 0 aliphatic carbocycles. The lowest BCUT2D eigenvalue weighted by atomic mass is 9.85. The highest BCUT2D eigenvalue weighted by molar-refractivity contribution is 4.95.